The molecule has 0 radical (unpaired) electrons. The first kappa shape index (κ1) is 8.12. The molecule has 0 aliphatic carbocycles. The summed E-state index contributed by atoms with van der Waals surface area (Å²) in [6.45, 7) is 0.750. The van der Waals surface area contributed by atoms with Gasteiger partial charge in [0.2, 0.25) is 0 Å². The van der Waals surface area contributed by atoms with Crippen molar-refractivity contribution in [2.24, 2.45) is 0 Å². The molecule has 1 aromatic carbocycles. The molecule has 2 aliphatic heterocycles. The van der Waals surface area contributed by atoms with Crippen molar-refractivity contribution in [3.8, 4) is 11.5 Å². The smallest absolute Gasteiger partial charge is 0.125 e. The van der Waals surface area contributed by atoms with Gasteiger partial charge in [0.15, 0.2) is 0 Å². The highest BCUT2D eigenvalue weighted by atomic mass is 16.6. The number of ether oxygens (including phenoxy) is 3. The molecule has 0 aromatic heterocycles. The number of methoxy groups -OCH3 is 1. The lowest BCUT2D eigenvalue weighted by Gasteiger charge is -2.08. The lowest BCUT2D eigenvalue weighted by Crippen LogP contribution is -1.98. The summed E-state index contributed by atoms with van der Waals surface area (Å²) in [4.78, 5) is 0. The van der Waals surface area contributed by atoms with Crippen LogP contribution >= 0.6 is 0 Å². The summed E-state index contributed by atoms with van der Waals surface area (Å²) in [6, 6.07) is 5.88. The monoisotopic (exact) mass is 192 g/mol. The average molecular weight is 192 g/mol. The third-order valence-electron chi connectivity index (χ3n) is 2.77. The molecule has 0 spiro atoms. The maximum absolute atomic E-state index is 5.61. The van der Waals surface area contributed by atoms with Gasteiger partial charge in [0.1, 0.15) is 17.6 Å². The van der Waals surface area contributed by atoms with Gasteiger partial charge in [-0.15, -0.1) is 0 Å². The Hall–Kier alpha value is -1.22. The van der Waals surface area contributed by atoms with Crippen LogP contribution in [0.5, 0.6) is 11.5 Å². The zero-order valence-electron chi connectivity index (χ0n) is 8.03. The predicted octanol–water partition coefficient (Wildman–Crippen LogP) is 1.92. The third kappa shape index (κ3) is 1.16. The largest absolute Gasteiger partial charge is 0.497 e. The van der Waals surface area contributed by atoms with Crippen molar-refractivity contribution in [3.63, 3.8) is 0 Å². The van der Waals surface area contributed by atoms with Gasteiger partial charge in [-0.2, -0.15) is 0 Å². The highest BCUT2D eigenvalue weighted by molar-refractivity contribution is 5.44. The molecule has 2 unspecified atom stereocenters. The van der Waals surface area contributed by atoms with Crippen LogP contribution in [0.15, 0.2) is 18.2 Å². The van der Waals surface area contributed by atoms with E-state index in [-0.39, 0.29) is 6.10 Å². The highest BCUT2D eigenvalue weighted by Gasteiger charge is 2.43. The van der Waals surface area contributed by atoms with Crippen molar-refractivity contribution in [1.82, 2.24) is 0 Å². The maximum atomic E-state index is 5.61. The van der Waals surface area contributed by atoms with Crippen LogP contribution in [0, 0.1) is 0 Å². The van der Waals surface area contributed by atoms with E-state index in [4.69, 9.17) is 14.2 Å². The van der Waals surface area contributed by atoms with Crippen molar-refractivity contribution >= 4 is 0 Å². The van der Waals surface area contributed by atoms with Gasteiger partial charge in [0, 0.05) is 12.0 Å². The van der Waals surface area contributed by atoms with Crippen LogP contribution in [0.2, 0.25) is 0 Å². The van der Waals surface area contributed by atoms with E-state index in [0.717, 1.165) is 30.1 Å². The van der Waals surface area contributed by atoms with Crippen LogP contribution in [0.4, 0.5) is 0 Å². The maximum Gasteiger partial charge on any atom is 0.125 e. The number of fused-ring (bicyclic) bond motifs is 3. The molecule has 0 saturated carbocycles. The quantitative estimate of drug-likeness (QED) is 0.637. The van der Waals surface area contributed by atoms with Gasteiger partial charge < -0.3 is 14.2 Å². The fourth-order valence-electron chi connectivity index (χ4n) is 1.93. The fourth-order valence-corrected chi connectivity index (χ4v) is 1.93. The van der Waals surface area contributed by atoms with Gasteiger partial charge in [0.25, 0.3) is 0 Å². The first-order chi connectivity index (χ1) is 6.88. The van der Waals surface area contributed by atoms with Crippen molar-refractivity contribution in [3.05, 3.63) is 23.8 Å². The number of rotatable bonds is 1. The van der Waals surface area contributed by atoms with Gasteiger partial charge >= 0.3 is 0 Å². The van der Waals surface area contributed by atoms with Gasteiger partial charge in [-0.05, 0) is 18.2 Å². The van der Waals surface area contributed by atoms with E-state index in [1.807, 2.05) is 18.2 Å². The summed E-state index contributed by atoms with van der Waals surface area (Å²) in [5.74, 6) is 1.80. The van der Waals surface area contributed by atoms with Gasteiger partial charge in [-0.1, -0.05) is 0 Å². The molecule has 0 amide bonds. The summed E-state index contributed by atoms with van der Waals surface area (Å²) in [6.07, 6.45) is 1.59. The molecule has 3 nitrogen and oxygen atoms in total. The minimum Gasteiger partial charge on any atom is -0.497 e. The Labute approximate surface area is 82.6 Å². The number of hydrogen-bond donors (Lipinski definition) is 0. The Morgan fingerprint density at radius 3 is 3.21 bits per heavy atom. The SMILES string of the molecule is COc1ccc2c(c1)C1OC1CCO2. The van der Waals surface area contributed by atoms with Crippen molar-refractivity contribution in [2.75, 3.05) is 13.7 Å². The zero-order valence-corrected chi connectivity index (χ0v) is 8.03. The highest BCUT2D eigenvalue weighted by Crippen LogP contribution is 2.47. The minimum atomic E-state index is 0.239. The first-order valence-corrected chi connectivity index (χ1v) is 4.84. The van der Waals surface area contributed by atoms with E-state index in [0.29, 0.717) is 6.10 Å². The molecule has 2 heterocycles. The average Bonchev–Trinajstić information content (AvgIpc) is 2.96. The third-order valence-corrected chi connectivity index (χ3v) is 2.77. The van der Waals surface area contributed by atoms with Crippen molar-refractivity contribution in [2.45, 2.75) is 18.6 Å². The molecule has 3 rings (SSSR count). The van der Waals surface area contributed by atoms with E-state index >= 15 is 0 Å². The van der Waals surface area contributed by atoms with Crippen LogP contribution in [-0.2, 0) is 4.74 Å². The second kappa shape index (κ2) is 2.89. The van der Waals surface area contributed by atoms with Crippen LogP contribution in [0.3, 0.4) is 0 Å². The molecule has 0 bridgehead atoms. The van der Waals surface area contributed by atoms with Crippen molar-refractivity contribution < 1.29 is 14.2 Å². The summed E-state index contributed by atoms with van der Waals surface area (Å²) < 4.78 is 16.3. The number of epoxide rings is 1. The standard InChI is InChI=1S/C11H12O3/c1-12-7-2-3-9-8(6-7)11-10(14-11)4-5-13-9/h2-3,6,10-11H,4-5H2,1H3. The van der Waals surface area contributed by atoms with Gasteiger partial charge in [-0.25, -0.2) is 0 Å². The normalized spacial score (nSPS) is 28.1. The Kier molecular flexibility index (Phi) is 1.67. The molecule has 0 N–H and O–H groups in total. The number of hydrogen-bond acceptors (Lipinski definition) is 3. The second-order valence-electron chi connectivity index (χ2n) is 3.64. The topological polar surface area (TPSA) is 31.0 Å². The molecule has 1 saturated heterocycles. The molecule has 74 valence electrons. The Morgan fingerprint density at radius 2 is 2.36 bits per heavy atom. The molecule has 2 aliphatic rings. The van der Waals surface area contributed by atoms with Crippen LogP contribution in [-0.4, -0.2) is 19.8 Å². The summed E-state index contributed by atoms with van der Waals surface area (Å²) >= 11 is 0. The van der Waals surface area contributed by atoms with E-state index < -0.39 is 0 Å². The van der Waals surface area contributed by atoms with Gasteiger partial charge in [-0.3, -0.25) is 0 Å². The Balaban J connectivity index is 2.03. The van der Waals surface area contributed by atoms with E-state index in [2.05, 4.69) is 0 Å². The lowest BCUT2D eigenvalue weighted by molar-refractivity contribution is 0.267. The Morgan fingerprint density at radius 1 is 1.43 bits per heavy atom. The fraction of sp³-hybridized carbons (Fsp3) is 0.455. The molecule has 3 heteroatoms. The molecule has 1 aromatic rings. The summed E-state index contributed by atoms with van der Waals surface area (Å²) in [5, 5.41) is 0. The molecular formula is C11H12O3. The minimum absolute atomic E-state index is 0.239. The van der Waals surface area contributed by atoms with Gasteiger partial charge in [0.05, 0.1) is 19.8 Å². The Bertz CT molecular complexity index is 362. The summed E-state index contributed by atoms with van der Waals surface area (Å²) in [5.41, 5.74) is 1.13. The molecule has 2 atom stereocenters. The zero-order chi connectivity index (χ0) is 9.54. The second-order valence-corrected chi connectivity index (χ2v) is 3.64. The van der Waals surface area contributed by atoms with Crippen molar-refractivity contribution in [1.29, 1.82) is 0 Å². The predicted molar refractivity (Wildman–Crippen MR) is 50.7 cm³/mol. The lowest BCUT2D eigenvalue weighted by atomic mass is 10.1. The van der Waals surface area contributed by atoms with E-state index in [1.165, 1.54) is 0 Å². The molecule has 14 heavy (non-hydrogen) atoms. The van der Waals surface area contributed by atoms with E-state index in [9.17, 15) is 0 Å². The first-order valence-electron chi connectivity index (χ1n) is 4.84. The molecular weight excluding hydrogens is 180 g/mol. The summed E-state index contributed by atoms with van der Waals surface area (Å²) in [7, 11) is 1.67. The van der Waals surface area contributed by atoms with Crippen LogP contribution in [0.1, 0.15) is 18.1 Å². The van der Waals surface area contributed by atoms with Crippen LogP contribution in [0.25, 0.3) is 0 Å². The molecule has 1 fully saturated rings. The van der Waals surface area contributed by atoms with Crippen LogP contribution < -0.4 is 9.47 Å². The number of benzene rings is 1. The van der Waals surface area contributed by atoms with E-state index in [1.54, 1.807) is 7.11 Å².